The number of nitrogens with zero attached hydrogens (tertiary/aromatic N) is 2. The van der Waals surface area contributed by atoms with E-state index in [0.717, 1.165) is 18.0 Å². The van der Waals surface area contributed by atoms with Crippen LogP contribution >= 0.6 is 0 Å². The Balaban J connectivity index is 1.53. The van der Waals surface area contributed by atoms with Gasteiger partial charge in [-0.1, -0.05) is 30.3 Å². The molecule has 1 atom stereocenters. The molecule has 4 amide bonds. The van der Waals surface area contributed by atoms with Crippen molar-refractivity contribution in [2.45, 2.75) is 25.3 Å². The molecule has 0 radical (unpaired) electrons. The Morgan fingerprint density at radius 1 is 1.17 bits per heavy atom. The number of hydrazine groups is 1. The van der Waals surface area contributed by atoms with E-state index >= 15 is 0 Å². The van der Waals surface area contributed by atoms with E-state index in [-0.39, 0.29) is 5.56 Å². The average Bonchev–Trinajstić information content (AvgIpc) is 2.95. The summed E-state index contributed by atoms with van der Waals surface area (Å²) in [7, 11) is 0. The summed E-state index contributed by atoms with van der Waals surface area (Å²) in [5.41, 5.74) is 2.07. The highest BCUT2D eigenvalue weighted by Gasteiger charge is 2.48. The first kappa shape index (κ1) is 20.8. The monoisotopic (exact) mass is 412 g/mol. The van der Waals surface area contributed by atoms with Crippen LogP contribution in [-0.2, 0) is 20.7 Å². The van der Waals surface area contributed by atoms with Gasteiger partial charge in [0, 0.05) is 12.1 Å². The Hall–Kier alpha value is -3.95. The quantitative estimate of drug-likeness (QED) is 0.294. The standard InChI is InChI=1S/C20H20N4O6/c1-20(10-7-14-5-3-2-4-6-14)18(27)24(19(28)21-20)22-16(25)13-30-17(26)15-8-11-23(29)12-9-15/h2-6,8-9,11-12H,7,10,13H2,1H3,(H,21,28)(H,22,25)/t20-/m0/s1. The van der Waals surface area contributed by atoms with Crippen molar-refractivity contribution in [3.05, 3.63) is 71.2 Å². The molecule has 1 aliphatic heterocycles. The Bertz CT molecular complexity index is 963. The largest absolute Gasteiger partial charge is 0.619 e. The van der Waals surface area contributed by atoms with Gasteiger partial charge in [-0.15, -0.1) is 0 Å². The third-order valence-electron chi connectivity index (χ3n) is 4.63. The second-order valence-electron chi connectivity index (χ2n) is 6.95. The molecule has 1 aromatic carbocycles. The van der Waals surface area contributed by atoms with E-state index in [1.165, 1.54) is 12.1 Å². The number of benzene rings is 1. The van der Waals surface area contributed by atoms with Gasteiger partial charge in [0.15, 0.2) is 19.0 Å². The summed E-state index contributed by atoms with van der Waals surface area (Å²) in [5, 5.41) is 14.1. The first-order chi connectivity index (χ1) is 14.3. The minimum Gasteiger partial charge on any atom is -0.619 e. The molecule has 1 saturated heterocycles. The molecule has 2 heterocycles. The molecule has 10 heteroatoms. The molecule has 30 heavy (non-hydrogen) atoms. The van der Waals surface area contributed by atoms with Crippen LogP contribution in [0.5, 0.6) is 0 Å². The summed E-state index contributed by atoms with van der Waals surface area (Å²) in [4.78, 5) is 48.8. The van der Waals surface area contributed by atoms with Crippen molar-refractivity contribution in [2.75, 3.05) is 6.61 Å². The van der Waals surface area contributed by atoms with Gasteiger partial charge in [-0.05, 0) is 25.3 Å². The molecule has 1 fully saturated rings. The number of pyridine rings is 1. The second kappa shape index (κ2) is 8.60. The molecule has 3 rings (SSSR count). The number of carbonyl (C=O) groups is 4. The zero-order valence-corrected chi connectivity index (χ0v) is 16.2. The highest BCUT2D eigenvalue weighted by molar-refractivity contribution is 6.07. The van der Waals surface area contributed by atoms with Crippen LogP contribution in [0.1, 0.15) is 29.3 Å². The molecule has 2 aromatic rings. The summed E-state index contributed by atoms with van der Waals surface area (Å²) in [6.45, 7) is 0.878. The van der Waals surface area contributed by atoms with Gasteiger partial charge in [0.2, 0.25) is 0 Å². The van der Waals surface area contributed by atoms with E-state index in [9.17, 15) is 24.4 Å². The number of imide groups is 1. The fourth-order valence-electron chi connectivity index (χ4n) is 2.91. The molecule has 10 nitrogen and oxygen atoms in total. The maximum Gasteiger partial charge on any atom is 0.344 e. The normalized spacial score (nSPS) is 18.1. The lowest BCUT2D eigenvalue weighted by Crippen LogP contribution is -2.50. The van der Waals surface area contributed by atoms with Crippen molar-refractivity contribution >= 4 is 23.8 Å². The minimum atomic E-state index is -1.17. The van der Waals surface area contributed by atoms with Crippen LogP contribution < -0.4 is 15.5 Å². The number of esters is 1. The van der Waals surface area contributed by atoms with Crippen molar-refractivity contribution in [1.29, 1.82) is 0 Å². The number of hydrogen-bond acceptors (Lipinski definition) is 6. The van der Waals surface area contributed by atoms with Gasteiger partial charge < -0.3 is 15.3 Å². The van der Waals surface area contributed by atoms with Crippen LogP contribution in [0.25, 0.3) is 0 Å². The Kier molecular flexibility index (Phi) is 5.95. The molecular formula is C20H20N4O6. The highest BCUT2D eigenvalue weighted by Crippen LogP contribution is 2.22. The number of aryl methyl sites for hydroxylation is 1. The molecule has 0 saturated carbocycles. The molecule has 1 aliphatic rings. The van der Waals surface area contributed by atoms with Crippen LogP contribution in [0.15, 0.2) is 54.9 Å². The van der Waals surface area contributed by atoms with Gasteiger partial charge in [0.1, 0.15) is 5.54 Å². The Morgan fingerprint density at radius 2 is 1.83 bits per heavy atom. The maximum atomic E-state index is 12.7. The molecule has 0 bridgehead atoms. The highest BCUT2D eigenvalue weighted by atomic mass is 16.5. The van der Waals surface area contributed by atoms with Crippen molar-refractivity contribution in [3.8, 4) is 0 Å². The molecule has 2 N–H and O–H groups in total. The van der Waals surface area contributed by atoms with Crippen molar-refractivity contribution in [1.82, 2.24) is 15.8 Å². The zero-order valence-electron chi connectivity index (χ0n) is 16.2. The number of carbonyl (C=O) groups excluding carboxylic acids is 4. The lowest BCUT2D eigenvalue weighted by Gasteiger charge is -2.21. The smallest absolute Gasteiger partial charge is 0.344 e. The molecule has 156 valence electrons. The topological polar surface area (TPSA) is 132 Å². The third-order valence-corrected chi connectivity index (χ3v) is 4.63. The van der Waals surface area contributed by atoms with Crippen LogP contribution in [0, 0.1) is 5.21 Å². The van der Waals surface area contributed by atoms with E-state index < -0.39 is 36.0 Å². The van der Waals surface area contributed by atoms with Crippen molar-refractivity contribution < 1.29 is 28.6 Å². The number of ether oxygens (including phenoxy) is 1. The summed E-state index contributed by atoms with van der Waals surface area (Å²) in [6.07, 6.45) is 3.13. The van der Waals surface area contributed by atoms with E-state index in [2.05, 4.69) is 10.7 Å². The Morgan fingerprint density at radius 3 is 2.50 bits per heavy atom. The van der Waals surface area contributed by atoms with E-state index in [0.29, 0.717) is 22.6 Å². The van der Waals surface area contributed by atoms with E-state index in [4.69, 9.17) is 4.74 Å². The van der Waals surface area contributed by atoms with E-state index in [1.807, 2.05) is 30.3 Å². The van der Waals surface area contributed by atoms with Gasteiger partial charge >= 0.3 is 12.0 Å². The SMILES string of the molecule is C[C@@]1(CCc2ccccc2)NC(=O)N(NC(=O)COC(=O)c2cc[n+]([O-])cc2)C1=O. The lowest BCUT2D eigenvalue weighted by molar-refractivity contribution is -0.605. The maximum absolute atomic E-state index is 12.7. The molecule has 0 aliphatic carbocycles. The number of nitrogens with one attached hydrogen (secondary N) is 2. The number of hydrogen-bond donors (Lipinski definition) is 2. The number of rotatable bonds is 7. The van der Waals surface area contributed by atoms with Gasteiger partial charge in [-0.2, -0.15) is 9.74 Å². The molecule has 1 aromatic heterocycles. The van der Waals surface area contributed by atoms with Gasteiger partial charge in [-0.25, -0.2) is 9.59 Å². The summed E-state index contributed by atoms with van der Waals surface area (Å²) >= 11 is 0. The summed E-state index contributed by atoms with van der Waals surface area (Å²) in [5.74, 6) is -2.28. The van der Waals surface area contributed by atoms with Crippen molar-refractivity contribution in [3.63, 3.8) is 0 Å². The Labute approximate surface area is 172 Å². The molecule has 0 spiro atoms. The summed E-state index contributed by atoms with van der Waals surface area (Å²) in [6, 6.07) is 11.2. The molecule has 0 unspecified atom stereocenters. The van der Waals surface area contributed by atoms with Crippen LogP contribution in [-0.4, -0.2) is 41.0 Å². The molecular weight excluding hydrogens is 392 g/mol. The predicted molar refractivity (Wildman–Crippen MR) is 102 cm³/mol. The van der Waals surface area contributed by atoms with Crippen LogP contribution in [0.3, 0.4) is 0 Å². The summed E-state index contributed by atoms with van der Waals surface area (Å²) < 4.78 is 5.33. The number of amides is 4. The van der Waals surface area contributed by atoms with Crippen LogP contribution in [0.2, 0.25) is 0 Å². The fourth-order valence-corrected chi connectivity index (χ4v) is 2.91. The average molecular weight is 412 g/mol. The predicted octanol–water partition coefficient (Wildman–Crippen LogP) is 0.451. The van der Waals surface area contributed by atoms with Crippen LogP contribution in [0.4, 0.5) is 4.79 Å². The third kappa shape index (κ3) is 4.72. The number of aromatic nitrogens is 1. The minimum absolute atomic E-state index is 0.0818. The van der Waals surface area contributed by atoms with Gasteiger partial charge in [0.05, 0.1) is 5.56 Å². The van der Waals surface area contributed by atoms with Gasteiger partial charge in [-0.3, -0.25) is 15.0 Å². The lowest BCUT2D eigenvalue weighted by atomic mass is 9.93. The second-order valence-corrected chi connectivity index (χ2v) is 6.95. The van der Waals surface area contributed by atoms with Crippen molar-refractivity contribution in [2.24, 2.45) is 0 Å². The van der Waals surface area contributed by atoms with Gasteiger partial charge in [0.25, 0.3) is 11.8 Å². The fraction of sp³-hybridized carbons (Fsp3) is 0.250. The first-order valence-corrected chi connectivity index (χ1v) is 9.14. The number of urea groups is 1. The first-order valence-electron chi connectivity index (χ1n) is 9.14. The zero-order chi connectivity index (χ0) is 21.7. The van der Waals surface area contributed by atoms with E-state index in [1.54, 1.807) is 6.92 Å².